The number of hydrogen-bond donors (Lipinski definition) is 1. The zero-order chi connectivity index (χ0) is 26.7. The highest BCUT2D eigenvalue weighted by Crippen LogP contribution is 2.38. The Kier molecular flexibility index (Phi) is 8.46. The Balaban J connectivity index is 1.82. The lowest BCUT2D eigenvalue weighted by atomic mass is 9.92. The largest absolute Gasteiger partial charge is 0.490 e. The van der Waals surface area contributed by atoms with Crippen molar-refractivity contribution in [3.63, 3.8) is 0 Å². The van der Waals surface area contributed by atoms with E-state index in [1.54, 1.807) is 36.9 Å². The molecule has 2 aromatic rings. The van der Waals surface area contributed by atoms with Crippen molar-refractivity contribution in [1.29, 1.82) is 0 Å². The van der Waals surface area contributed by atoms with E-state index >= 15 is 0 Å². The fourth-order valence-corrected chi connectivity index (χ4v) is 5.49. The van der Waals surface area contributed by atoms with Crippen molar-refractivity contribution in [1.82, 2.24) is 4.31 Å². The summed E-state index contributed by atoms with van der Waals surface area (Å²) in [5, 5.41) is 2.85. The highest BCUT2D eigenvalue weighted by molar-refractivity contribution is 7.89. The van der Waals surface area contributed by atoms with E-state index in [9.17, 15) is 18.0 Å². The van der Waals surface area contributed by atoms with E-state index in [1.165, 1.54) is 28.6 Å². The number of hydrogen-bond acceptors (Lipinski definition) is 5. The molecule has 1 aliphatic rings. The molecule has 2 aromatic carbocycles. The molecule has 0 bridgehead atoms. The van der Waals surface area contributed by atoms with Gasteiger partial charge in [-0.3, -0.25) is 9.59 Å². The molecule has 0 fully saturated rings. The molecule has 0 radical (unpaired) electrons. The van der Waals surface area contributed by atoms with Gasteiger partial charge in [0, 0.05) is 37.0 Å². The van der Waals surface area contributed by atoms with Gasteiger partial charge in [-0.15, -0.1) is 0 Å². The van der Waals surface area contributed by atoms with Crippen LogP contribution in [0.5, 0.6) is 5.75 Å². The number of fused-ring (bicyclic) bond motifs is 1. The number of benzene rings is 2. The molecule has 1 heterocycles. The average Bonchev–Trinajstić information content (AvgIpc) is 2.92. The summed E-state index contributed by atoms with van der Waals surface area (Å²) in [6.07, 6.45) is 0.861. The van der Waals surface area contributed by atoms with Crippen molar-refractivity contribution in [2.24, 2.45) is 11.3 Å². The summed E-state index contributed by atoms with van der Waals surface area (Å²) >= 11 is 0. The van der Waals surface area contributed by atoms with Gasteiger partial charge in [-0.05, 0) is 62.6 Å². The third-order valence-corrected chi connectivity index (χ3v) is 8.37. The SMILES string of the molecule is CCN(CC)S(=O)(=O)c1ccc(C(=O)Nc2ccc3c(c2)OCC(C)(C)C(=O)N3CCC(C)C)cc1. The van der Waals surface area contributed by atoms with E-state index in [0.29, 0.717) is 48.2 Å². The monoisotopic (exact) mass is 515 g/mol. The number of nitrogens with zero attached hydrogens (tertiary/aromatic N) is 2. The number of carbonyl (C=O) groups is 2. The molecule has 9 heteroatoms. The van der Waals surface area contributed by atoms with Crippen LogP contribution in [0.15, 0.2) is 47.4 Å². The van der Waals surface area contributed by atoms with Gasteiger partial charge in [0.25, 0.3) is 5.91 Å². The number of ether oxygens (including phenoxy) is 1. The molecule has 0 aromatic heterocycles. The van der Waals surface area contributed by atoms with Gasteiger partial charge >= 0.3 is 0 Å². The van der Waals surface area contributed by atoms with Crippen molar-refractivity contribution in [2.45, 2.75) is 52.9 Å². The fourth-order valence-electron chi connectivity index (χ4n) is 4.03. The summed E-state index contributed by atoms with van der Waals surface area (Å²) in [4.78, 5) is 28.0. The lowest BCUT2D eigenvalue weighted by Crippen LogP contribution is -2.42. The number of anilines is 2. The third-order valence-electron chi connectivity index (χ3n) is 6.31. The van der Waals surface area contributed by atoms with Crippen LogP contribution in [0, 0.1) is 11.3 Å². The quantitative estimate of drug-likeness (QED) is 0.519. The molecule has 0 aliphatic carbocycles. The highest BCUT2D eigenvalue weighted by atomic mass is 32.2. The van der Waals surface area contributed by atoms with Crippen LogP contribution in [0.1, 0.15) is 58.3 Å². The van der Waals surface area contributed by atoms with Crippen LogP contribution >= 0.6 is 0 Å². The summed E-state index contributed by atoms with van der Waals surface area (Å²) in [6.45, 7) is 13.1. The summed E-state index contributed by atoms with van der Waals surface area (Å²) in [6, 6.07) is 11.2. The standard InChI is InChI=1S/C27H37N3O5S/c1-7-29(8-2)36(33,34)22-12-9-20(10-13-22)25(31)28-21-11-14-23-24(17-21)35-18-27(5,6)26(32)30(23)16-15-19(3)4/h9-14,17,19H,7-8,15-16,18H2,1-6H3,(H,28,31). The lowest BCUT2D eigenvalue weighted by molar-refractivity contribution is -0.127. The zero-order valence-electron chi connectivity index (χ0n) is 22.0. The Bertz CT molecular complexity index is 1200. The van der Waals surface area contributed by atoms with Gasteiger partial charge in [0.05, 0.1) is 16.0 Å². The molecule has 36 heavy (non-hydrogen) atoms. The first kappa shape index (κ1) is 27.7. The second-order valence-electron chi connectivity index (χ2n) is 10.1. The number of amides is 2. The molecule has 1 aliphatic heterocycles. The van der Waals surface area contributed by atoms with Gasteiger partial charge in [-0.2, -0.15) is 4.31 Å². The Morgan fingerprint density at radius 1 is 1.11 bits per heavy atom. The topological polar surface area (TPSA) is 96.0 Å². The van der Waals surface area contributed by atoms with Crippen LogP contribution in [0.3, 0.4) is 0 Å². The van der Waals surface area contributed by atoms with Crippen LogP contribution < -0.4 is 15.0 Å². The molecule has 0 spiro atoms. The van der Waals surface area contributed by atoms with Crippen LogP contribution in [0.2, 0.25) is 0 Å². The first-order valence-corrected chi connectivity index (χ1v) is 13.8. The molecule has 196 valence electrons. The smallest absolute Gasteiger partial charge is 0.255 e. The normalized spacial score (nSPS) is 15.4. The zero-order valence-corrected chi connectivity index (χ0v) is 22.8. The van der Waals surface area contributed by atoms with Crippen molar-refractivity contribution in [3.8, 4) is 5.75 Å². The molecule has 0 atom stereocenters. The molecular weight excluding hydrogens is 478 g/mol. The highest BCUT2D eigenvalue weighted by Gasteiger charge is 2.37. The third kappa shape index (κ3) is 5.90. The minimum atomic E-state index is -3.59. The van der Waals surface area contributed by atoms with E-state index in [0.717, 1.165) is 6.42 Å². The van der Waals surface area contributed by atoms with Crippen LogP contribution in [-0.4, -0.2) is 50.8 Å². The van der Waals surface area contributed by atoms with Gasteiger partial charge in [-0.25, -0.2) is 8.42 Å². The number of rotatable bonds is 9. The summed E-state index contributed by atoms with van der Waals surface area (Å²) in [5.74, 6) is 0.624. The minimum absolute atomic E-state index is 0.0124. The van der Waals surface area contributed by atoms with E-state index < -0.39 is 15.4 Å². The van der Waals surface area contributed by atoms with Gasteiger partial charge in [0.15, 0.2) is 0 Å². The second-order valence-corrected chi connectivity index (χ2v) is 12.0. The molecule has 1 N–H and O–H groups in total. The van der Waals surface area contributed by atoms with E-state index in [1.807, 2.05) is 13.8 Å². The van der Waals surface area contributed by atoms with Gasteiger partial charge in [0.2, 0.25) is 15.9 Å². The molecule has 8 nitrogen and oxygen atoms in total. The van der Waals surface area contributed by atoms with Crippen molar-refractivity contribution < 1.29 is 22.7 Å². The van der Waals surface area contributed by atoms with Crippen molar-refractivity contribution in [3.05, 3.63) is 48.0 Å². The number of nitrogens with one attached hydrogen (secondary N) is 1. The average molecular weight is 516 g/mol. The predicted octanol–water partition coefficient (Wildman–Crippen LogP) is 4.77. The predicted molar refractivity (Wildman–Crippen MR) is 142 cm³/mol. The first-order chi connectivity index (χ1) is 16.9. The van der Waals surface area contributed by atoms with Gasteiger partial charge in [0.1, 0.15) is 12.4 Å². The second kappa shape index (κ2) is 11.0. The Hall–Kier alpha value is -2.91. The Labute approximate surface area is 214 Å². The molecule has 0 saturated carbocycles. The van der Waals surface area contributed by atoms with E-state index in [2.05, 4.69) is 19.2 Å². The maximum atomic E-state index is 13.2. The van der Waals surface area contributed by atoms with Crippen LogP contribution in [0.4, 0.5) is 11.4 Å². The van der Waals surface area contributed by atoms with Gasteiger partial charge in [-0.1, -0.05) is 27.7 Å². The maximum Gasteiger partial charge on any atom is 0.255 e. The number of carbonyl (C=O) groups excluding carboxylic acids is 2. The Morgan fingerprint density at radius 2 is 1.75 bits per heavy atom. The minimum Gasteiger partial charge on any atom is -0.490 e. The number of sulfonamides is 1. The Morgan fingerprint density at radius 3 is 2.33 bits per heavy atom. The van der Waals surface area contributed by atoms with E-state index in [4.69, 9.17) is 4.74 Å². The summed E-state index contributed by atoms with van der Waals surface area (Å²) in [5.41, 5.74) is 0.871. The lowest BCUT2D eigenvalue weighted by Gasteiger charge is -2.28. The first-order valence-electron chi connectivity index (χ1n) is 12.4. The van der Waals surface area contributed by atoms with Crippen molar-refractivity contribution >= 4 is 33.2 Å². The molecule has 0 unspecified atom stereocenters. The molecular formula is C27H37N3O5S. The summed E-state index contributed by atoms with van der Waals surface area (Å²) in [7, 11) is -3.59. The maximum absolute atomic E-state index is 13.2. The molecule has 0 saturated heterocycles. The fraction of sp³-hybridized carbons (Fsp3) is 0.481. The van der Waals surface area contributed by atoms with Crippen LogP contribution in [-0.2, 0) is 14.8 Å². The molecule has 3 rings (SSSR count). The summed E-state index contributed by atoms with van der Waals surface area (Å²) < 4.78 is 32.8. The van der Waals surface area contributed by atoms with E-state index in [-0.39, 0.29) is 23.3 Å². The van der Waals surface area contributed by atoms with Gasteiger partial charge < -0.3 is 15.0 Å². The molecule has 2 amide bonds. The van der Waals surface area contributed by atoms with Crippen molar-refractivity contribution in [2.75, 3.05) is 36.5 Å². The van der Waals surface area contributed by atoms with Crippen LogP contribution in [0.25, 0.3) is 0 Å².